The minimum atomic E-state index is -0.605. The summed E-state index contributed by atoms with van der Waals surface area (Å²) in [5.41, 5.74) is 1.33. The summed E-state index contributed by atoms with van der Waals surface area (Å²) in [5, 5.41) is 0. The largest absolute Gasteiger partial charge is 0.497 e. The lowest BCUT2D eigenvalue weighted by atomic mass is 9.93. The van der Waals surface area contributed by atoms with E-state index in [1.54, 1.807) is 18.2 Å². The SMILES string of the molecule is COC(=O)c1cc(OC)c(OC)c(OC)c1-c1ccc(OC)cc1C=O. The maximum Gasteiger partial charge on any atom is 0.338 e. The number of esters is 1. The number of carbonyl (C=O) groups is 2. The molecule has 0 saturated carbocycles. The second-order valence-electron chi connectivity index (χ2n) is 5.13. The molecule has 0 saturated heterocycles. The number of hydrogen-bond acceptors (Lipinski definition) is 7. The van der Waals surface area contributed by atoms with Crippen molar-refractivity contribution in [2.75, 3.05) is 35.5 Å². The summed E-state index contributed by atoms with van der Waals surface area (Å²) in [7, 11) is 7.11. The summed E-state index contributed by atoms with van der Waals surface area (Å²) in [6.07, 6.45) is 0.676. The molecule has 0 radical (unpaired) electrons. The summed E-state index contributed by atoms with van der Waals surface area (Å²) < 4.78 is 26.2. The lowest BCUT2D eigenvalue weighted by molar-refractivity contribution is 0.0600. The predicted octanol–water partition coefficient (Wildman–Crippen LogP) is 2.99. The van der Waals surface area contributed by atoms with Crippen LogP contribution in [0.4, 0.5) is 0 Å². The van der Waals surface area contributed by atoms with Crippen LogP contribution in [-0.2, 0) is 4.74 Å². The molecular formula is C19H20O7. The number of carbonyl (C=O) groups excluding carboxylic acids is 2. The summed E-state index contributed by atoms with van der Waals surface area (Å²) >= 11 is 0. The van der Waals surface area contributed by atoms with Crippen LogP contribution in [0.15, 0.2) is 24.3 Å². The van der Waals surface area contributed by atoms with Crippen molar-refractivity contribution in [2.24, 2.45) is 0 Å². The van der Waals surface area contributed by atoms with Gasteiger partial charge in [-0.3, -0.25) is 4.79 Å². The highest BCUT2D eigenvalue weighted by Gasteiger charge is 2.27. The summed E-state index contributed by atoms with van der Waals surface area (Å²) in [4.78, 5) is 24.0. The van der Waals surface area contributed by atoms with Gasteiger partial charge in [-0.05, 0) is 29.8 Å². The van der Waals surface area contributed by atoms with Gasteiger partial charge in [0.15, 0.2) is 17.8 Å². The van der Waals surface area contributed by atoms with E-state index in [1.807, 2.05) is 0 Å². The lowest BCUT2D eigenvalue weighted by Crippen LogP contribution is -2.08. The monoisotopic (exact) mass is 360 g/mol. The fourth-order valence-corrected chi connectivity index (χ4v) is 2.69. The zero-order valence-corrected chi connectivity index (χ0v) is 15.2. The normalized spacial score (nSPS) is 10.0. The lowest BCUT2D eigenvalue weighted by Gasteiger charge is -2.20. The minimum Gasteiger partial charge on any atom is -0.497 e. The van der Waals surface area contributed by atoms with Gasteiger partial charge in [-0.25, -0.2) is 4.79 Å². The molecule has 0 N–H and O–H groups in total. The van der Waals surface area contributed by atoms with E-state index < -0.39 is 5.97 Å². The van der Waals surface area contributed by atoms with Crippen molar-refractivity contribution >= 4 is 12.3 Å². The quantitative estimate of drug-likeness (QED) is 0.555. The minimum absolute atomic E-state index is 0.176. The van der Waals surface area contributed by atoms with E-state index in [-0.39, 0.29) is 11.3 Å². The third-order valence-corrected chi connectivity index (χ3v) is 3.89. The van der Waals surface area contributed by atoms with Crippen molar-refractivity contribution < 1.29 is 33.3 Å². The molecule has 7 nitrogen and oxygen atoms in total. The van der Waals surface area contributed by atoms with Gasteiger partial charge in [0.1, 0.15) is 5.75 Å². The molecule has 2 rings (SSSR count). The molecule has 0 atom stereocenters. The van der Waals surface area contributed by atoms with Gasteiger partial charge in [0, 0.05) is 11.1 Å². The molecule has 0 amide bonds. The van der Waals surface area contributed by atoms with Crippen LogP contribution in [0.5, 0.6) is 23.0 Å². The molecule has 2 aromatic carbocycles. The first-order valence-electron chi connectivity index (χ1n) is 7.61. The molecule has 0 fully saturated rings. The van der Waals surface area contributed by atoms with E-state index in [4.69, 9.17) is 23.7 Å². The van der Waals surface area contributed by atoms with Gasteiger partial charge in [-0.15, -0.1) is 0 Å². The van der Waals surface area contributed by atoms with E-state index in [9.17, 15) is 9.59 Å². The van der Waals surface area contributed by atoms with Crippen LogP contribution in [0.1, 0.15) is 20.7 Å². The molecule has 2 aromatic rings. The smallest absolute Gasteiger partial charge is 0.338 e. The van der Waals surface area contributed by atoms with Gasteiger partial charge in [0.05, 0.1) is 41.1 Å². The van der Waals surface area contributed by atoms with Crippen molar-refractivity contribution in [3.05, 3.63) is 35.4 Å². The summed E-state index contributed by atoms with van der Waals surface area (Å²) in [6, 6.07) is 6.40. The van der Waals surface area contributed by atoms with E-state index in [0.717, 1.165) is 0 Å². The van der Waals surface area contributed by atoms with Crippen molar-refractivity contribution in [3.63, 3.8) is 0 Å². The number of hydrogen-bond donors (Lipinski definition) is 0. The highest BCUT2D eigenvalue weighted by atomic mass is 16.5. The van der Waals surface area contributed by atoms with Gasteiger partial charge in [0.25, 0.3) is 0 Å². The van der Waals surface area contributed by atoms with E-state index in [0.29, 0.717) is 40.2 Å². The standard InChI is InChI=1S/C19H20O7/c1-22-12-6-7-13(11(8-12)10-20)16-14(19(21)26-5)9-15(23-2)17(24-3)18(16)25-4/h6-10H,1-5H3. The Bertz CT molecular complexity index is 827. The third kappa shape index (κ3) is 3.28. The van der Waals surface area contributed by atoms with Crippen LogP contribution in [0.25, 0.3) is 11.1 Å². The van der Waals surface area contributed by atoms with Gasteiger partial charge in [0.2, 0.25) is 5.75 Å². The van der Waals surface area contributed by atoms with Gasteiger partial charge < -0.3 is 23.7 Å². The Hall–Kier alpha value is -3.22. The number of methoxy groups -OCH3 is 5. The Morgan fingerprint density at radius 2 is 1.58 bits per heavy atom. The Labute approximate surface area is 151 Å². The molecule has 7 heteroatoms. The highest BCUT2D eigenvalue weighted by molar-refractivity contribution is 6.03. The summed E-state index contributed by atoms with van der Waals surface area (Å²) in [5.74, 6) is 0.752. The molecule has 138 valence electrons. The summed E-state index contributed by atoms with van der Waals surface area (Å²) in [6.45, 7) is 0. The fourth-order valence-electron chi connectivity index (χ4n) is 2.69. The van der Waals surface area contributed by atoms with Crippen LogP contribution >= 0.6 is 0 Å². The predicted molar refractivity (Wildman–Crippen MR) is 94.8 cm³/mol. The van der Waals surface area contributed by atoms with E-state index >= 15 is 0 Å². The van der Waals surface area contributed by atoms with E-state index in [2.05, 4.69) is 0 Å². The van der Waals surface area contributed by atoms with Gasteiger partial charge >= 0.3 is 5.97 Å². The molecule has 0 aliphatic heterocycles. The second kappa shape index (κ2) is 8.24. The van der Waals surface area contributed by atoms with Crippen LogP contribution in [0.3, 0.4) is 0 Å². The Morgan fingerprint density at radius 1 is 0.885 bits per heavy atom. The number of aldehydes is 1. The second-order valence-corrected chi connectivity index (χ2v) is 5.13. The first-order valence-corrected chi connectivity index (χ1v) is 7.61. The van der Waals surface area contributed by atoms with Crippen molar-refractivity contribution in [2.45, 2.75) is 0 Å². The molecule has 0 bridgehead atoms. The zero-order valence-electron chi connectivity index (χ0n) is 15.2. The van der Waals surface area contributed by atoms with Crippen LogP contribution in [0.2, 0.25) is 0 Å². The molecule has 0 unspecified atom stereocenters. The maximum absolute atomic E-state index is 12.4. The number of ether oxygens (including phenoxy) is 5. The molecule has 0 aliphatic carbocycles. The topological polar surface area (TPSA) is 80.3 Å². The third-order valence-electron chi connectivity index (χ3n) is 3.89. The molecule has 26 heavy (non-hydrogen) atoms. The fraction of sp³-hybridized carbons (Fsp3) is 0.263. The molecule has 0 heterocycles. The van der Waals surface area contributed by atoms with Crippen molar-refractivity contribution in [1.29, 1.82) is 0 Å². The maximum atomic E-state index is 12.4. The molecule has 0 aliphatic rings. The van der Waals surface area contributed by atoms with Crippen molar-refractivity contribution in [3.8, 4) is 34.1 Å². The van der Waals surface area contributed by atoms with Crippen molar-refractivity contribution in [1.82, 2.24) is 0 Å². The number of benzene rings is 2. The first kappa shape index (κ1) is 19.1. The van der Waals surface area contributed by atoms with Crippen LogP contribution in [-0.4, -0.2) is 47.8 Å². The highest BCUT2D eigenvalue weighted by Crippen LogP contribution is 2.47. The van der Waals surface area contributed by atoms with Crippen LogP contribution < -0.4 is 18.9 Å². The number of rotatable bonds is 7. The van der Waals surface area contributed by atoms with Gasteiger partial charge in [-0.1, -0.05) is 0 Å². The van der Waals surface area contributed by atoms with E-state index in [1.165, 1.54) is 41.6 Å². The first-order chi connectivity index (χ1) is 12.6. The van der Waals surface area contributed by atoms with Crippen LogP contribution in [0, 0.1) is 0 Å². The molecule has 0 spiro atoms. The molecule has 0 aromatic heterocycles. The molecular weight excluding hydrogens is 340 g/mol. The van der Waals surface area contributed by atoms with Gasteiger partial charge in [-0.2, -0.15) is 0 Å². The Balaban J connectivity index is 2.94. The zero-order chi connectivity index (χ0) is 19.3. The Kier molecular flexibility index (Phi) is 6.06. The Morgan fingerprint density at radius 3 is 2.08 bits per heavy atom. The average Bonchev–Trinajstić information content (AvgIpc) is 2.70. The average molecular weight is 360 g/mol.